The Kier molecular flexibility index (Phi) is 4.82. The summed E-state index contributed by atoms with van der Waals surface area (Å²) in [7, 11) is 1.94. The number of aryl methyl sites for hydroxylation is 1. The molecule has 4 heterocycles. The van der Waals surface area contributed by atoms with Crippen molar-refractivity contribution in [3.63, 3.8) is 0 Å². The SMILES string of the molecule is Cn1cc(CN2CCC3(CC[C@H](C(=O)NCc4ccco4)O3)CC2)cn1. The maximum atomic E-state index is 12.4. The lowest BCUT2D eigenvalue weighted by molar-refractivity contribution is -0.141. The Morgan fingerprint density at radius 3 is 2.92 bits per heavy atom. The molecular weight excluding hydrogens is 332 g/mol. The minimum atomic E-state index is -0.338. The molecule has 2 aliphatic rings. The minimum absolute atomic E-state index is 0.0314. The Labute approximate surface area is 153 Å². The van der Waals surface area contributed by atoms with Gasteiger partial charge in [0.25, 0.3) is 0 Å². The Balaban J connectivity index is 1.25. The Bertz CT molecular complexity index is 732. The number of likely N-dealkylation sites (tertiary alicyclic amines) is 1. The second-order valence-corrected chi connectivity index (χ2v) is 7.42. The van der Waals surface area contributed by atoms with Crippen LogP contribution in [0.5, 0.6) is 0 Å². The summed E-state index contributed by atoms with van der Waals surface area (Å²) >= 11 is 0. The summed E-state index contributed by atoms with van der Waals surface area (Å²) in [6, 6.07) is 3.68. The standard InChI is InChI=1S/C19H26N4O3/c1-22-13-15(11-21-22)14-23-8-6-19(7-9-23)5-4-17(26-19)18(24)20-12-16-3-2-10-25-16/h2-3,10-11,13,17H,4-9,12,14H2,1H3,(H,20,24)/t17-/m1/s1. The molecule has 2 saturated heterocycles. The number of furan rings is 1. The molecule has 26 heavy (non-hydrogen) atoms. The van der Waals surface area contributed by atoms with Gasteiger partial charge < -0.3 is 14.5 Å². The first-order valence-electron chi connectivity index (χ1n) is 9.30. The number of hydrogen-bond acceptors (Lipinski definition) is 5. The van der Waals surface area contributed by atoms with Gasteiger partial charge in [-0.2, -0.15) is 5.10 Å². The lowest BCUT2D eigenvalue weighted by Crippen LogP contribution is -2.45. The van der Waals surface area contributed by atoms with Gasteiger partial charge >= 0.3 is 0 Å². The highest BCUT2D eigenvalue weighted by molar-refractivity contribution is 5.81. The monoisotopic (exact) mass is 358 g/mol. The summed E-state index contributed by atoms with van der Waals surface area (Å²) in [6.45, 7) is 3.33. The van der Waals surface area contributed by atoms with Gasteiger partial charge in [-0.25, -0.2) is 0 Å². The molecule has 1 N–H and O–H groups in total. The van der Waals surface area contributed by atoms with Crippen LogP contribution in [-0.4, -0.2) is 45.4 Å². The summed E-state index contributed by atoms with van der Waals surface area (Å²) in [5.41, 5.74) is 1.11. The zero-order valence-corrected chi connectivity index (χ0v) is 15.2. The number of piperidine rings is 1. The molecule has 0 aromatic carbocycles. The van der Waals surface area contributed by atoms with Crippen molar-refractivity contribution in [1.82, 2.24) is 20.0 Å². The normalized spacial score (nSPS) is 22.7. The highest BCUT2D eigenvalue weighted by Gasteiger charge is 2.44. The van der Waals surface area contributed by atoms with E-state index >= 15 is 0 Å². The molecule has 0 unspecified atom stereocenters. The van der Waals surface area contributed by atoms with Crippen LogP contribution >= 0.6 is 0 Å². The number of carbonyl (C=O) groups excluding carboxylic acids is 1. The van der Waals surface area contributed by atoms with E-state index in [4.69, 9.17) is 9.15 Å². The predicted molar refractivity (Wildman–Crippen MR) is 95.1 cm³/mol. The summed E-state index contributed by atoms with van der Waals surface area (Å²) in [5.74, 6) is 0.728. The fraction of sp³-hybridized carbons (Fsp3) is 0.579. The number of aromatic nitrogens is 2. The van der Waals surface area contributed by atoms with E-state index in [9.17, 15) is 4.79 Å². The molecule has 0 radical (unpaired) electrons. The number of rotatable bonds is 5. The zero-order chi connectivity index (χ0) is 18.0. The third kappa shape index (κ3) is 3.83. The van der Waals surface area contributed by atoms with E-state index in [-0.39, 0.29) is 17.6 Å². The third-order valence-electron chi connectivity index (χ3n) is 5.50. The first-order chi connectivity index (χ1) is 12.6. The number of nitrogens with one attached hydrogen (secondary N) is 1. The highest BCUT2D eigenvalue weighted by Crippen LogP contribution is 2.39. The van der Waals surface area contributed by atoms with Crippen molar-refractivity contribution < 1.29 is 13.9 Å². The fourth-order valence-electron chi connectivity index (χ4n) is 4.00. The molecule has 1 atom stereocenters. The van der Waals surface area contributed by atoms with Gasteiger partial charge in [-0.15, -0.1) is 0 Å². The van der Waals surface area contributed by atoms with Crippen molar-refractivity contribution in [2.24, 2.45) is 7.05 Å². The van der Waals surface area contributed by atoms with E-state index in [1.165, 1.54) is 5.56 Å². The molecule has 2 aromatic rings. The van der Waals surface area contributed by atoms with Crippen molar-refractivity contribution in [3.8, 4) is 0 Å². The van der Waals surface area contributed by atoms with Crippen molar-refractivity contribution in [3.05, 3.63) is 42.1 Å². The maximum Gasteiger partial charge on any atom is 0.249 e. The molecule has 2 aliphatic heterocycles. The van der Waals surface area contributed by atoms with E-state index in [2.05, 4.69) is 21.5 Å². The molecule has 4 rings (SSSR count). The fourth-order valence-corrected chi connectivity index (χ4v) is 4.00. The molecule has 140 valence electrons. The van der Waals surface area contributed by atoms with Crippen LogP contribution in [0.15, 0.2) is 35.2 Å². The lowest BCUT2D eigenvalue weighted by Gasteiger charge is -2.38. The van der Waals surface area contributed by atoms with E-state index in [0.717, 1.165) is 51.1 Å². The van der Waals surface area contributed by atoms with Crippen LogP contribution < -0.4 is 5.32 Å². The van der Waals surface area contributed by atoms with Crippen molar-refractivity contribution in [2.75, 3.05) is 13.1 Å². The lowest BCUT2D eigenvalue weighted by atomic mass is 9.88. The second kappa shape index (κ2) is 7.25. The number of nitrogens with zero attached hydrogens (tertiary/aromatic N) is 3. The Morgan fingerprint density at radius 2 is 2.23 bits per heavy atom. The second-order valence-electron chi connectivity index (χ2n) is 7.42. The van der Waals surface area contributed by atoms with Crippen LogP contribution in [0.1, 0.15) is 37.0 Å². The number of carbonyl (C=O) groups is 1. The molecule has 2 aromatic heterocycles. The molecule has 0 bridgehead atoms. The van der Waals surface area contributed by atoms with Gasteiger partial charge in [-0.1, -0.05) is 0 Å². The summed E-state index contributed by atoms with van der Waals surface area (Å²) in [5, 5.41) is 7.15. The largest absolute Gasteiger partial charge is 0.467 e. The van der Waals surface area contributed by atoms with Gasteiger partial charge in [0.05, 0.1) is 24.6 Å². The minimum Gasteiger partial charge on any atom is -0.467 e. The maximum absolute atomic E-state index is 12.4. The van der Waals surface area contributed by atoms with Crippen molar-refractivity contribution in [2.45, 2.75) is 50.5 Å². The Morgan fingerprint density at radius 1 is 1.38 bits per heavy atom. The summed E-state index contributed by atoms with van der Waals surface area (Å²) in [6.07, 6.45) is 8.99. The van der Waals surface area contributed by atoms with Gasteiger partial charge in [0.2, 0.25) is 5.91 Å². The number of ether oxygens (including phenoxy) is 1. The molecule has 7 heteroatoms. The van der Waals surface area contributed by atoms with Crippen molar-refractivity contribution >= 4 is 5.91 Å². The quantitative estimate of drug-likeness (QED) is 0.883. The predicted octanol–water partition coefficient (Wildman–Crippen LogP) is 1.84. The van der Waals surface area contributed by atoms with E-state index in [1.807, 2.05) is 30.1 Å². The first kappa shape index (κ1) is 17.3. The topological polar surface area (TPSA) is 72.5 Å². The smallest absolute Gasteiger partial charge is 0.249 e. The van der Waals surface area contributed by atoms with Crippen LogP contribution in [0.25, 0.3) is 0 Å². The number of amides is 1. The third-order valence-corrected chi connectivity index (χ3v) is 5.50. The number of hydrogen-bond donors (Lipinski definition) is 1. The molecule has 7 nitrogen and oxygen atoms in total. The summed E-state index contributed by atoms with van der Waals surface area (Å²) < 4.78 is 13.3. The van der Waals surface area contributed by atoms with E-state index in [1.54, 1.807) is 6.26 Å². The molecular formula is C19H26N4O3. The van der Waals surface area contributed by atoms with Crippen LogP contribution in [0.2, 0.25) is 0 Å². The molecule has 1 amide bonds. The van der Waals surface area contributed by atoms with Crippen LogP contribution in [0.3, 0.4) is 0 Å². The van der Waals surface area contributed by atoms with E-state index < -0.39 is 0 Å². The van der Waals surface area contributed by atoms with Crippen LogP contribution in [0, 0.1) is 0 Å². The zero-order valence-electron chi connectivity index (χ0n) is 15.2. The molecule has 0 aliphatic carbocycles. The highest BCUT2D eigenvalue weighted by atomic mass is 16.5. The van der Waals surface area contributed by atoms with Crippen LogP contribution in [0.4, 0.5) is 0 Å². The molecule has 2 fully saturated rings. The molecule has 0 saturated carbocycles. The van der Waals surface area contributed by atoms with Gasteiger partial charge in [0.1, 0.15) is 11.9 Å². The first-order valence-corrected chi connectivity index (χ1v) is 9.30. The van der Waals surface area contributed by atoms with Gasteiger partial charge in [-0.05, 0) is 37.8 Å². The van der Waals surface area contributed by atoms with Gasteiger partial charge in [-0.3, -0.25) is 14.4 Å². The van der Waals surface area contributed by atoms with Gasteiger partial charge in [0, 0.05) is 38.4 Å². The van der Waals surface area contributed by atoms with Gasteiger partial charge in [0.15, 0.2) is 0 Å². The van der Waals surface area contributed by atoms with E-state index in [0.29, 0.717) is 6.54 Å². The Hall–Kier alpha value is -2.12. The molecule has 1 spiro atoms. The summed E-state index contributed by atoms with van der Waals surface area (Å²) in [4.78, 5) is 14.8. The average molecular weight is 358 g/mol. The average Bonchev–Trinajstić information content (AvgIpc) is 3.37. The van der Waals surface area contributed by atoms with Crippen molar-refractivity contribution in [1.29, 1.82) is 0 Å². The van der Waals surface area contributed by atoms with Crippen LogP contribution in [-0.2, 0) is 29.7 Å².